The summed E-state index contributed by atoms with van der Waals surface area (Å²) in [6.07, 6.45) is 9.64. The van der Waals surface area contributed by atoms with Gasteiger partial charge in [0.2, 0.25) is 5.13 Å². The molecule has 0 saturated carbocycles. The molecule has 24 heavy (non-hydrogen) atoms. The van der Waals surface area contributed by atoms with Gasteiger partial charge >= 0.3 is 0 Å². The predicted molar refractivity (Wildman–Crippen MR) is 101 cm³/mol. The Morgan fingerprint density at radius 1 is 1.17 bits per heavy atom. The molecule has 0 saturated heterocycles. The van der Waals surface area contributed by atoms with Crippen LogP contribution in [0.3, 0.4) is 0 Å². The van der Waals surface area contributed by atoms with Crippen LogP contribution in [0.4, 0.5) is 5.13 Å². The SMILES string of the molecule is C=CCNc1nnc(Sc2ncnc3sc4c(c23)CCCCC4)s1. The van der Waals surface area contributed by atoms with Crippen LogP contribution < -0.4 is 5.32 Å². The quantitative estimate of drug-likeness (QED) is 0.401. The van der Waals surface area contributed by atoms with Gasteiger partial charge in [-0.05, 0) is 43.0 Å². The van der Waals surface area contributed by atoms with Crippen LogP contribution in [0.1, 0.15) is 29.7 Å². The van der Waals surface area contributed by atoms with Gasteiger partial charge in [-0.1, -0.05) is 23.8 Å². The smallest absolute Gasteiger partial charge is 0.206 e. The minimum absolute atomic E-state index is 0.690. The van der Waals surface area contributed by atoms with Crippen molar-refractivity contribution >= 4 is 49.8 Å². The Balaban J connectivity index is 1.67. The summed E-state index contributed by atoms with van der Waals surface area (Å²) in [5.41, 5.74) is 1.46. The van der Waals surface area contributed by atoms with Gasteiger partial charge in [0.1, 0.15) is 16.2 Å². The Kier molecular flexibility index (Phi) is 4.77. The maximum atomic E-state index is 4.55. The van der Waals surface area contributed by atoms with Crippen molar-refractivity contribution < 1.29 is 0 Å². The average Bonchev–Trinajstić information content (AvgIpc) is 3.11. The Labute approximate surface area is 152 Å². The van der Waals surface area contributed by atoms with Gasteiger partial charge < -0.3 is 5.32 Å². The molecule has 124 valence electrons. The van der Waals surface area contributed by atoms with E-state index in [4.69, 9.17) is 0 Å². The van der Waals surface area contributed by atoms with E-state index < -0.39 is 0 Å². The third-order valence-corrected chi connectivity index (χ3v) is 7.09. The van der Waals surface area contributed by atoms with E-state index in [-0.39, 0.29) is 0 Å². The molecule has 3 aromatic heterocycles. The third kappa shape index (κ3) is 3.18. The van der Waals surface area contributed by atoms with Crippen LogP contribution in [0, 0.1) is 0 Å². The molecule has 8 heteroatoms. The summed E-state index contributed by atoms with van der Waals surface area (Å²) in [7, 11) is 0. The first kappa shape index (κ1) is 16.0. The van der Waals surface area contributed by atoms with E-state index in [1.54, 1.807) is 29.4 Å². The molecule has 0 radical (unpaired) electrons. The Bertz CT molecular complexity index is 870. The van der Waals surface area contributed by atoms with Crippen molar-refractivity contribution in [1.29, 1.82) is 0 Å². The summed E-state index contributed by atoms with van der Waals surface area (Å²) in [6.45, 7) is 4.39. The first-order valence-corrected chi connectivity index (χ1v) is 10.4. The zero-order valence-electron chi connectivity index (χ0n) is 13.1. The lowest BCUT2D eigenvalue weighted by atomic mass is 10.1. The molecule has 4 rings (SSSR count). The largest absolute Gasteiger partial charge is 0.357 e. The van der Waals surface area contributed by atoms with Crippen molar-refractivity contribution in [3.63, 3.8) is 0 Å². The van der Waals surface area contributed by atoms with Gasteiger partial charge in [0, 0.05) is 16.8 Å². The standard InChI is InChI=1S/C16H17N5S3/c1-2-8-17-15-20-21-16(24-15)23-14-12-10-6-4-3-5-7-11(10)22-13(12)18-9-19-14/h2,9H,1,3-8H2,(H,17,20). The molecule has 1 aliphatic carbocycles. The molecule has 0 atom stereocenters. The maximum absolute atomic E-state index is 4.55. The molecule has 0 aliphatic heterocycles. The minimum atomic E-state index is 0.690. The van der Waals surface area contributed by atoms with Crippen molar-refractivity contribution in [3.05, 3.63) is 29.4 Å². The first-order chi connectivity index (χ1) is 11.8. The highest BCUT2D eigenvalue weighted by Crippen LogP contribution is 2.41. The van der Waals surface area contributed by atoms with Crippen molar-refractivity contribution in [2.45, 2.75) is 41.5 Å². The topological polar surface area (TPSA) is 63.6 Å². The molecule has 0 aromatic carbocycles. The lowest BCUT2D eigenvalue weighted by Gasteiger charge is -2.02. The van der Waals surface area contributed by atoms with Crippen LogP contribution >= 0.6 is 34.4 Å². The summed E-state index contributed by atoms with van der Waals surface area (Å²) < 4.78 is 0.898. The number of aryl methyl sites for hydroxylation is 2. The van der Waals surface area contributed by atoms with Gasteiger partial charge in [0.05, 0.1) is 0 Å². The summed E-state index contributed by atoms with van der Waals surface area (Å²) in [4.78, 5) is 11.6. The number of hydrogen-bond acceptors (Lipinski definition) is 8. The molecule has 3 heterocycles. The predicted octanol–water partition coefficient (Wildman–Crippen LogP) is 4.56. The lowest BCUT2D eigenvalue weighted by molar-refractivity contribution is 0.713. The van der Waals surface area contributed by atoms with Crippen molar-refractivity contribution in [3.8, 4) is 0 Å². The molecule has 0 spiro atoms. The highest BCUT2D eigenvalue weighted by atomic mass is 32.2. The average molecular weight is 376 g/mol. The molecule has 5 nitrogen and oxygen atoms in total. The van der Waals surface area contributed by atoms with E-state index in [0.717, 1.165) is 25.7 Å². The molecule has 1 aliphatic rings. The molecule has 0 unspecified atom stereocenters. The second-order valence-corrected chi connectivity index (χ2v) is 8.87. The number of fused-ring (bicyclic) bond motifs is 3. The fourth-order valence-corrected chi connectivity index (χ4v) is 5.97. The van der Waals surface area contributed by atoms with E-state index in [9.17, 15) is 0 Å². The second-order valence-electron chi connectivity index (χ2n) is 5.57. The monoisotopic (exact) mass is 375 g/mol. The van der Waals surface area contributed by atoms with E-state index in [2.05, 4.69) is 32.1 Å². The van der Waals surface area contributed by atoms with Crippen LogP contribution in [0.15, 0.2) is 28.3 Å². The Hall–Kier alpha value is -1.51. The summed E-state index contributed by atoms with van der Waals surface area (Å²) >= 11 is 4.97. The maximum Gasteiger partial charge on any atom is 0.206 e. The number of thiophene rings is 1. The van der Waals surface area contributed by atoms with Gasteiger partial charge in [0.25, 0.3) is 0 Å². The van der Waals surface area contributed by atoms with Crippen LogP contribution in [0.5, 0.6) is 0 Å². The third-order valence-electron chi connectivity index (χ3n) is 3.95. The van der Waals surface area contributed by atoms with Crippen LogP contribution in [-0.2, 0) is 12.8 Å². The van der Waals surface area contributed by atoms with Crippen molar-refractivity contribution in [1.82, 2.24) is 20.2 Å². The fourth-order valence-electron chi connectivity index (χ4n) is 2.88. The normalized spacial score (nSPS) is 14.3. The summed E-state index contributed by atoms with van der Waals surface area (Å²) in [5, 5.41) is 14.7. The highest BCUT2D eigenvalue weighted by Gasteiger charge is 2.20. The zero-order valence-corrected chi connectivity index (χ0v) is 15.6. The molecular weight excluding hydrogens is 358 g/mol. The van der Waals surface area contributed by atoms with Crippen LogP contribution in [0.2, 0.25) is 0 Å². The van der Waals surface area contributed by atoms with Crippen LogP contribution in [0.25, 0.3) is 10.2 Å². The first-order valence-electron chi connectivity index (χ1n) is 7.96. The van der Waals surface area contributed by atoms with Gasteiger partial charge in [-0.15, -0.1) is 28.1 Å². The van der Waals surface area contributed by atoms with E-state index in [0.29, 0.717) is 6.54 Å². The Morgan fingerprint density at radius 3 is 3.00 bits per heavy atom. The number of anilines is 1. The van der Waals surface area contributed by atoms with Gasteiger partial charge in [-0.2, -0.15) is 0 Å². The van der Waals surface area contributed by atoms with E-state index >= 15 is 0 Å². The molecular formula is C16H17N5S3. The molecule has 3 aromatic rings. The molecule has 1 N–H and O–H groups in total. The molecule has 0 fully saturated rings. The summed E-state index contributed by atoms with van der Waals surface area (Å²) in [6, 6.07) is 0. The number of rotatable bonds is 5. The van der Waals surface area contributed by atoms with Crippen molar-refractivity contribution in [2.24, 2.45) is 0 Å². The molecule has 0 amide bonds. The van der Waals surface area contributed by atoms with Gasteiger partial charge in [-0.3, -0.25) is 0 Å². The fraction of sp³-hybridized carbons (Fsp3) is 0.375. The summed E-state index contributed by atoms with van der Waals surface area (Å²) in [5.74, 6) is 0. The zero-order chi connectivity index (χ0) is 16.4. The number of nitrogens with zero attached hydrogens (tertiary/aromatic N) is 4. The van der Waals surface area contributed by atoms with E-state index in [1.165, 1.54) is 41.5 Å². The van der Waals surface area contributed by atoms with Gasteiger partial charge in [0.15, 0.2) is 4.34 Å². The lowest BCUT2D eigenvalue weighted by Crippen LogP contribution is -1.96. The number of nitrogens with one attached hydrogen (secondary N) is 1. The Morgan fingerprint density at radius 2 is 2.08 bits per heavy atom. The molecule has 0 bridgehead atoms. The minimum Gasteiger partial charge on any atom is -0.357 e. The highest BCUT2D eigenvalue weighted by molar-refractivity contribution is 8.01. The van der Waals surface area contributed by atoms with Gasteiger partial charge in [-0.25, -0.2) is 9.97 Å². The van der Waals surface area contributed by atoms with E-state index in [1.807, 2.05) is 17.4 Å². The second kappa shape index (κ2) is 7.16. The van der Waals surface area contributed by atoms with Crippen molar-refractivity contribution in [2.75, 3.05) is 11.9 Å². The number of hydrogen-bond donors (Lipinski definition) is 1. The van der Waals surface area contributed by atoms with Crippen LogP contribution in [-0.4, -0.2) is 26.7 Å². The number of aromatic nitrogens is 4.